The van der Waals surface area contributed by atoms with Gasteiger partial charge in [0.15, 0.2) is 0 Å². The second-order valence-electron chi connectivity index (χ2n) is 4.73. The Labute approximate surface area is 153 Å². The SMILES string of the molecule is CC1(C)C(C=C(Cl)C(F)(F)C(F)(F)F)C1C(=O)[O-].[K+]. The summed E-state index contributed by atoms with van der Waals surface area (Å²) in [7, 11) is 0. The molecule has 2 unspecified atom stereocenters. The van der Waals surface area contributed by atoms with Crippen LogP contribution in [0.4, 0.5) is 22.0 Å². The maximum absolute atomic E-state index is 12.8. The number of alkyl halides is 5. The summed E-state index contributed by atoms with van der Waals surface area (Å²) >= 11 is 4.97. The zero-order chi connectivity index (χ0) is 14.5. The normalized spacial score (nSPS) is 26.6. The van der Waals surface area contributed by atoms with Crippen molar-refractivity contribution in [3.8, 4) is 0 Å². The van der Waals surface area contributed by atoms with Gasteiger partial charge in [-0.15, -0.1) is 0 Å². The number of carbonyl (C=O) groups is 1. The van der Waals surface area contributed by atoms with E-state index in [1.165, 1.54) is 13.8 Å². The van der Waals surface area contributed by atoms with Gasteiger partial charge in [-0.05, 0) is 11.3 Å². The van der Waals surface area contributed by atoms with E-state index in [0.29, 0.717) is 6.08 Å². The number of hydrogen-bond acceptors (Lipinski definition) is 2. The Hall–Kier alpha value is 0.786. The van der Waals surface area contributed by atoms with E-state index in [1.54, 1.807) is 0 Å². The van der Waals surface area contributed by atoms with E-state index in [1.807, 2.05) is 0 Å². The van der Waals surface area contributed by atoms with Crippen molar-refractivity contribution in [2.75, 3.05) is 0 Å². The molecule has 1 rings (SSSR count). The molecule has 0 heterocycles. The molecule has 2 nitrogen and oxygen atoms in total. The van der Waals surface area contributed by atoms with Crippen molar-refractivity contribution in [1.82, 2.24) is 0 Å². The fourth-order valence-electron chi connectivity index (χ4n) is 1.84. The van der Waals surface area contributed by atoms with Gasteiger partial charge in [-0.25, -0.2) is 0 Å². The quantitative estimate of drug-likeness (QED) is 0.509. The van der Waals surface area contributed by atoms with Crippen LogP contribution in [0.5, 0.6) is 0 Å². The smallest absolute Gasteiger partial charge is 0.550 e. The van der Waals surface area contributed by atoms with Crippen LogP contribution in [0.25, 0.3) is 0 Å². The molecule has 1 fully saturated rings. The summed E-state index contributed by atoms with van der Waals surface area (Å²) in [5.41, 5.74) is -0.944. The molecule has 0 aromatic rings. The third-order valence-electron chi connectivity index (χ3n) is 3.15. The van der Waals surface area contributed by atoms with Crippen molar-refractivity contribution in [1.29, 1.82) is 0 Å². The number of aliphatic carboxylic acids is 1. The first-order valence-corrected chi connectivity index (χ1v) is 5.24. The molecule has 0 N–H and O–H groups in total. The molecule has 0 amide bonds. The Bertz CT molecular complexity index is 405. The van der Waals surface area contributed by atoms with Gasteiger partial charge in [-0.2, -0.15) is 22.0 Å². The summed E-state index contributed by atoms with van der Waals surface area (Å²) in [6.45, 7) is 2.84. The first kappa shape index (κ1) is 19.8. The van der Waals surface area contributed by atoms with Gasteiger partial charge >= 0.3 is 63.5 Å². The van der Waals surface area contributed by atoms with Gasteiger partial charge in [0.1, 0.15) is 0 Å². The number of carboxylic acids is 1. The van der Waals surface area contributed by atoms with E-state index < -0.39 is 40.4 Å². The van der Waals surface area contributed by atoms with Crippen LogP contribution >= 0.6 is 11.6 Å². The summed E-state index contributed by atoms with van der Waals surface area (Å²) in [5.74, 6) is -8.79. The standard InChI is InChI=1S/C10H10ClF5O2.K/c1-8(2)4(6(8)7(17)18)3-5(11)9(12,13)10(14,15)16;/h3-4,6H,1-2H3,(H,17,18);/q;+1/p-1. The summed E-state index contributed by atoms with van der Waals surface area (Å²) in [4.78, 5) is 10.6. The number of allylic oxidation sites excluding steroid dienone is 2. The van der Waals surface area contributed by atoms with E-state index in [2.05, 4.69) is 0 Å². The molecule has 0 bridgehead atoms. The molecule has 19 heavy (non-hydrogen) atoms. The molecule has 1 aliphatic carbocycles. The molecule has 0 aliphatic heterocycles. The summed E-state index contributed by atoms with van der Waals surface area (Å²) in [5, 5.41) is 8.91. The molecule has 0 saturated heterocycles. The minimum Gasteiger partial charge on any atom is -0.550 e. The van der Waals surface area contributed by atoms with Crippen LogP contribution in [0.15, 0.2) is 11.1 Å². The van der Waals surface area contributed by atoms with Crippen LogP contribution < -0.4 is 56.5 Å². The van der Waals surface area contributed by atoms with Crippen molar-refractivity contribution in [3.05, 3.63) is 11.1 Å². The number of carboxylic acid groups (broad SMARTS) is 1. The third-order valence-corrected chi connectivity index (χ3v) is 3.51. The summed E-state index contributed by atoms with van der Waals surface area (Å²) in [6, 6.07) is 0. The largest absolute Gasteiger partial charge is 1.00 e. The number of hydrogen-bond donors (Lipinski definition) is 0. The van der Waals surface area contributed by atoms with Crippen LogP contribution in [-0.2, 0) is 4.79 Å². The Morgan fingerprint density at radius 2 is 1.68 bits per heavy atom. The molecule has 0 aromatic carbocycles. The van der Waals surface area contributed by atoms with Crippen LogP contribution in [0.3, 0.4) is 0 Å². The van der Waals surface area contributed by atoms with Crippen LogP contribution in [0.1, 0.15) is 13.8 Å². The molecule has 9 heteroatoms. The van der Waals surface area contributed by atoms with E-state index in [9.17, 15) is 31.9 Å². The minimum absolute atomic E-state index is 0. The predicted molar refractivity (Wildman–Crippen MR) is 50.7 cm³/mol. The van der Waals surface area contributed by atoms with Gasteiger partial charge in [0, 0.05) is 11.9 Å². The van der Waals surface area contributed by atoms with Crippen molar-refractivity contribution in [3.63, 3.8) is 0 Å². The Kier molecular flexibility index (Phi) is 6.13. The molecule has 0 radical (unpaired) electrons. The van der Waals surface area contributed by atoms with Gasteiger partial charge in [0.25, 0.3) is 0 Å². The Morgan fingerprint density at radius 1 is 1.26 bits per heavy atom. The molecule has 0 spiro atoms. The van der Waals surface area contributed by atoms with E-state index in [0.717, 1.165) is 0 Å². The first-order chi connectivity index (χ1) is 7.83. The molecule has 104 valence electrons. The number of carbonyl (C=O) groups excluding carboxylic acids is 1. The van der Waals surface area contributed by atoms with Crippen molar-refractivity contribution in [2.24, 2.45) is 17.3 Å². The van der Waals surface area contributed by atoms with Gasteiger partial charge in [-0.3, -0.25) is 0 Å². The van der Waals surface area contributed by atoms with Gasteiger partial charge in [-0.1, -0.05) is 31.5 Å². The Balaban J connectivity index is 0.00000324. The fraction of sp³-hybridized carbons (Fsp3) is 0.700. The van der Waals surface area contributed by atoms with Crippen LogP contribution in [0.2, 0.25) is 0 Å². The van der Waals surface area contributed by atoms with Crippen molar-refractivity contribution < 1.29 is 83.2 Å². The predicted octanol–water partition coefficient (Wildman–Crippen LogP) is -0.667. The fourth-order valence-corrected chi connectivity index (χ4v) is 2.08. The van der Waals surface area contributed by atoms with Gasteiger partial charge in [0.2, 0.25) is 0 Å². The maximum atomic E-state index is 12.8. The first-order valence-electron chi connectivity index (χ1n) is 4.86. The molecule has 0 aromatic heterocycles. The average molecular weight is 331 g/mol. The zero-order valence-electron chi connectivity index (χ0n) is 10.3. The monoisotopic (exact) mass is 330 g/mol. The second-order valence-corrected chi connectivity index (χ2v) is 5.14. The minimum atomic E-state index is -5.81. The zero-order valence-corrected chi connectivity index (χ0v) is 14.2. The third kappa shape index (κ3) is 3.71. The topological polar surface area (TPSA) is 40.1 Å². The van der Waals surface area contributed by atoms with E-state index in [4.69, 9.17) is 11.6 Å². The van der Waals surface area contributed by atoms with Gasteiger partial charge in [0.05, 0.1) is 5.03 Å². The van der Waals surface area contributed by atoms with Crippen LogP contribution in [-0.4, -0.2) is 18.1 Å². The summed E-state index contributed by atoms with van der Waals surface area (Å²) in [6.07, 6.45) is -5.36. The van der Waals surface area contributed by atoms with E-state index in [-0.39, 0.29) is 51.4 Å². The van der Waals surface area contributed by atoms with E-state index >= 15 is 0 Å². The maximum Gasteiger partial charge on any atom is 1.00 e. The molecular formula is C10H9ClF5KO2. The van der Waals surface area contributed by atoms with Crippen LogP contribution in [0, 0.1) is 17.3 Å². The number of halogens is 6. The molecule has 2 atom stereocenters. The second kappa shape index (κ2) is 5.88. The summed E-state index contributed by atoms with van der Waals surface area (Å²) < 4.78 is 61.6. The molecular weight excluding hydrogens is 322 g/mol. The van der Waals surface area contributed by atoms with Gasteiger partial charge < -0.3 is 9.90 Å². The average Bonchev–Trinajstić information content (AvgIpc) is 2.65. The van der Waals surface area contributed by atoms with Crippen molar-refractivity contribution >= 4 is 17.6 Å². The molecule has 1 aliphatic rings. The Morgan fingerprint density at radius 3 is 1.95 bits per heavy atom. The van der Waals surface area contributed by atoms with Crippen molar-refractivity contribution in [2.45, 2.75) is 25.9 Å². The number of rotatable bonds is 3. The molecule has 1 saturated carbocycles.